The standard InChI is InChI=1S/C23H25ClFN7/c1-30-13-15-8-16(9-19(25)22(15)28-30)27-23-21-18(24)10-17(31-6-4-26-5-7-31)11-20(21)32(29-23)12-14-2-3-14/h8-11,13-14,26H,2-7,12H2,1H3,(H,27,29). The molecular formula is C23H25ClFN7. The topological polar surface area (TPSA) is 62.9 Å². The molecule has 0 unspecified atom stereocenters. The average molecular weight is 454 g/mol. The molecule has 2 aromatic heterocycles. The number of benzene rings is 2. The van der Waals surface area contributed by atoms with Crippen molar-refractivity contribution in [3.05, 3.63) is 41.3 Å². The van der Waals surface area contributed by atoms with Crippen LogP contribution in [0.3, 0.4) is 0 Å². The lowest BCUT2D eigenvalue weighted by Crippen LogP contribution is -2.43. The predicted molar refractivity (Wildman–Crippen MR) is 127 cm³/mol. The molecule has 1 saturated heterocycles. The zero-order chi connectivity index (χ0) is 21.8. The number of piperazine rings is 1. The van der Waals surface area contributed by atoms with Crippen LogP contribution < -0.4 is 15.5 Å². The van der Waals surface area contributed by atoms with Gasteiger partial charge in [0.2, 0.25) is 0 Å². The van der Waals surface area contributed by atoms with Crippen LogP contribution >= 0.6 is 11.6 Å². The van der Waals surface area contributed by atoms with Crippen molar-refractivity contribution in [1.82, 2.24) is 24.9 Å². The number of fused-ring (bicyclic) bond motifs is 2. The molecule has 0 radical (unpaired) electrons. The van der Waals surface area contributed by atoms with Crippen LogP contribution in [0.2, 0.25) is 5.02 Å². The van der Waals surface area contributed by atoms with E-state index in [4.69, 9.17) is 16.7 Å². The van der Waals surface area contributed by atoms with Crippen molar-refractivity contribution in [3.8, 4) is 0 Å². The minimum atomic E-state index is -0.362. The number of hydrogen-bond donors (Lipinski definition) is 2. The number of aryl methyl sites for hydroxylation is 1. The Labute approximate surface area is 190 Å². The molecule has 2 fully saturated rings. The van der Waals surface area contributed by atoms with E-state index in [1.807, 2.05) is 12.1 Å². The summed E-state index contributed by atoms with van der Waals surface area (Å²) < 4.78 is 18.3. The lowest BCUT2D eigenvalue weighted by atomic mass is 10.1. The summed E-state index contributed by atoms with van der Waals surface area (Å²) in [7, 11) is 1.79. The van der Waals surface area contributed by atoms with Crippen molar-refractivity contribution in [3.63, 3.8) is 0 Å². The summed E-state index contributed by atoms with van der Waals surface area (Å²) in [6.45, 7) is 4.70. The third-order valence-corrected chi connectivity index (χ3v) is 6.64. The Balaban J connectivity index is 1.43. The van der Waals surface area contributed by atoms with E-state index in [0.717, 1.165) is 54.7 Å². The van der Waals surface area contributed by atoms with Crippen molar-refractivity contribution >= 4 is 50.6 Å². The molecule has 3 heterocycles. The molecule has 32 heavy (non-hydrogen) atoms. The zero-order valence-electron chi connectivity index (χ0n) is 17.9. The number of anilines is 3. The number of rotatable bonds is 5. The van der Waals surface area contributed by atoms with Crippen LogP contribution in [-0.4, -0.2) is 45.7 Å². The molecular weight excluding hydrogens is 429 g/mol. The highest BCUT2D eigenvalue weighted by Gasteiger charge is 2.25. The maximum atomic E-state index is 14.6. The van der Waals surface area contributed by atoms with Gasteiger partial charge in [0, 0.05) is 62.7 Å². The third kappa shape index (κ3) is 3.57. The van der Waals surface area contributed by atoms with Crippen LogP contribution in [0, 0.1) is 11.7 Å². The summed E-state index contributed by atoms with van der Waals surface area (Å²) in [6.07, 6.45) is 4.27. The van der Waals surface area contributed by atoms with Crippen LogP contribution in [0.4, 0.5) is 21.6 Å². The van der Waals surface area contributed by atoms with Crippen molar-refractivity contribution in [2.24, 2.45) is 13.0 Å². The summed E-state index contributed by atoms with van der Waals surface area (Å²) in [5, 5.41) is 18.0. The summed E-state index contributed by atoms with van der Waals surface area (Å²) >= 11 is 6.82. The molecule has 0 spiro atoms. The van der Waals surface area contributed by atoms with Crippen LogP contribution in [-0.2, 0) is 13.6 Å². The molecule has 0 atom stereocenters. The zero-order valence-corrected chi connectivity index (χ0v) is 18.7. The van der Waals surface area contributed by atoms with Gasteiger partial charge in [0.05, 0.1) is 15.9 Å². The van der Waals surface area contributed by atoms with E-state index in [-0.39, 0.29) is 5.82 Å². The molecule has 1 aliphatic heterocycles. The Morgan fingerprint density at radius 2 is 1.97 bits per heavy atom. The van der Waals surface area contributed by atoms with E-state index in [9.17, 15) is 4.39 Å². The Kier molecular flexibility index (Phi) is 4.73. The molecule has 2 N–H and O–H groups in total. The highest BCUT2D eigenvalue weighted by atomic mass is 35.5. The quantitative estimate of drug-likeness (QED) is 0.472. The molecule has 7 nitrogen and oxygen atoms in total. The van der Waals surface area contributed by atoms with Crippen molar-refractivity contribution < 1.29 is 4.39 Å². The Morgan fingerprint density at radius 1 is 1.16 bits per heavy atom. The highest BCUT2D eigenvalue weighted by Crippen LogP contribution is 2.39. The highest BCUT2D eigenvalue weighted by molar-refractivity contribution is 6.37. The van der Waals surface area contributed by atoms with E-state index in [0.29, 0.717) is 28.0 Å². The molecule has 2 aromatic carbocycles. The smallest absolute Gasteiger partial charge is 0.161 e. The summed E-state index contributed by atoms with van der Waals surface area (Å²) in [5.74, 6) is 0.955. The fourth-order valence-electron chi connectivity index (χ4n) is 4.54. The van der Waals surface area contributed by atoms with Crippen LogP contribution in [0.1, 0.15) is 12.8 Å². The van der Waals surface area contributed by atoms with Gasteiger partial charge in [-0.3, -0.25) is 9.36 Å². The number of nitrogens with one attached hydrogen (secondary N) is 2. The van der Waals surface area contributed by atoms with Crippen LogP contribution in [0.15, 0.2) is 30.5 Å². The largest absolute Gasteiger partial charge is 0.369 e. The first-order valence-electron chi connectivity index (χ1n) is 11.1. The minimum Gasteiger partial charge on any atom is -0.369 e. The Morgan fingerprint density at radius 3 is 2.75 bits per heavy atom. The van der Waals surface area contributed by atoms with Crippen LogP contribution in [0.25, 0.3) is 21.8 Å². The van der Waals surface area contributed by atoms with Gasteiger partial charge in [-0.15, -0.1) is 0 Å². The van der Waals surface area contributed by atoms with Gasteiger partial charge in [0.25, 0.3) is 0 Å². The maximum Gasteiger partial charge on any atom is 0.161 e. The van der Waals surface area contributed by atoms with Gasteiger partial charge in [-0.2, -0.15) is 10.2 Å². The van der Waals surface area contributed by atoms with Gasteiger partial charge in [-0.05, 0) is 43.0 Å². The fraction of sp³-hybridized carbons (Fsp3) is 0.391. The predicted octanol–water partition coefficient (Wildman–Crippen LogP) is 4.28. The van der Waals surface area contributed by atoms with E-state index in [1.54, 1.807) is 17.9 Å². The molecule has 1 aliphatic carbocycles. The first kappa shape index (κ1) is 19.8. The first-order valence-corrected chi connectivity index (χ1v) is 11.5. The Hall–Kier alpha value is -2.84. The van der Waals surface area contributed by atoms with Crippen LogP contribution in [0.5, 0.6) is 0 Å². The third-order valence-electron chi connectivity index (χ3n) is 6.34. The van der Waals surface area contributed by atoms with Gasteiger partial charge in [-0.25, -0.2) is 4.39 Å². The van der Waals surface area contributed by atoms with E-state index in [1.165, 1.54) is 18.9 Å². The van der Waals surface area contributed by atoms with Gasteiger partial charge >= 0.3 is 0 Å². The lowest BCUT2D eigenvalue weighted by molar-refractivity contribution is 0.580. The normalized spacial score (nSPS) is 16.9. The maximum absolute atomic E-state index is 14.6. The first-order chi connectivity index (χ1) is 15.5. The van der Waals surface area contributed by atoms with E-state index < -0.39 is 0 Å². The molecule has 166 valence electrons. The number of aromatic nitrogens is 4. The molecule has 6 rings (SSSR count). The molecule has 2 aliphatic rings. The average Bonchev–Trinajstić information content (AvgIpc) is 3.41. The number of nitrogens with zero attached hydrogens (tertiary/aromatic N) is 5. The van der Waals surface area contributed by atoms with Crippen molar-refractivity contribution in [2.45, 2.75) is 19.4 Å². The number of halogens is 2. The van der Waals surface area contributed by atoms with E-state index >= 15 is 0 Å². The lowest BCUT2D eigenvalue weighted by Gasteiger charge is -2.29. The molecule has 0 bridgehead atoms. The van der Waals surface area contributed by atoms with Gasteiger partial charge in [0.15, 0.2) is 11.6 Å². The Bertz CT molecular complexity index is 1320. The number of hydrogen-bond acceptors (Lipinski definition) is 5. The molecule has 1 saturated carbocycles. The molecule has 0 amide bonds. The second-order valence-electron chi connectivity index (χ2n) is 8.86. The van der Waals surface area contributed by atoms with E-state index in [2.05, 4.69) is 31.4 Å². The fourth-order valence-corrected chi connectivity index (χ4v) is 4.84. The summed E-state index contributed by atoms with van der Waals surface area (Å²) in [6, 6.07) is 7.57. The second kappa shape index (κ2) is 7.64. The van der Waals surface area contributed by atoms with Gasteiger partial charge in [-0.1, -0.05) is 11.6 Å². The molecule has 4 aromatic rings. The summed E-state index contributed by atoms with van der Waals surface area (Å²) in [5.41, 5.74) is 3.13. The van der Waals surface area contributed by atoms with Gasteiger partial charge in [0.1, 0.15) is 5.52 Å². The summed E-state index contributed by atoms with van der Waals surface area (Å²) in [4.78, 5) is 2.36. The van der Waals surface area contributed by atoms with Crippen molar-refractivity contribution in [1.29, 1.82) is 0 Å². The van der Waals surface area contributed by atoms with Gasteiger partial charge < -0.3 is 15.5 Å². The van der Waals surface area contributed by atoms with Crippen molar-refractivity contribution in [2.75, 3.05) is 36.4 Å². The molecule has 9 heteroatoms. The monoisotopic (exact) mass is 453 g/mol. The minimum absolute atomic E-state index is 0.362. The second-order valence-corrected chi connectivity index (χ2v) is 9.26. The SMILES string of the molecule is Cn1cc2cc(Nc3nn(CC4CC4)c4cc(N5CCNCC5)cc(Cl)c34)cc(F)c2n1.